The highest BCUT2D eigenvalue weighted by molar-refractivity contribution is 7.91. The molecule has 0 amide bonds. The van der Waals surface area contributed by atoms with E-state index in [1.165, 1.54) is 0 Å². The van der Waals surface area contributed by atoms with Crippen molar-refractivity contribution in [3.05, 3.63) is 0 Å². The Morgan fingerprint density at radius 2 is 2.08 bits per heavy atom. The van der Waals surface area contributed by atoms with E-state index in [9.17, 15) is 17.6 Å². The van der Waals surface area contributed by atoms with Crippen LogP contribution in [0.4, 0.5) is 4.39 Å². The van der Waals surface area contributed by atoms with Crippen molar-refractivity contribution in [2.45, 2.75) is 6.42 Å². The van der Waals surface area contributed by atoms with E-state index in [1.54, 1.807) is 0 Å². The van der Waals surface area contributed by atoms with Crippen LogP contribution in [0.15, 0.2) is 0 Å². The lowest BCUT2D eigenvalue weighted by atomic mass is 9.94. The van der Waals surface area contributed by atoms with Crippen LogP contribution in [0.5, 0.6) is 0 Å². The molecular formula is C7H11FO4S. The van der Waals surface area contributed by atoms with Gasteiger partial charge in [-0.2, -0.15) is 0 Å². The first kappa shape index (κ1) is 10.4. The maximum Gasteiger partial charge on any atom is 0.307 e. The predicted octanol–water partition coefficient (Wildman–Crippen LogP) is 0.0914. The Kier molecular flexibility index (Phi) is 2.90. The minimum atomic E-state index is -3.26. The number of carboxylic acids is 1. The van der Waals surface area contributed by atoms with E-state index in [0.717, 1.165) is 0 Å². The van der Waals surface area contributed by atoms with Crippen molar-refractivity contribution in [3.8, 4) is 0 Å². The van der Waals surface area contributed by atoms with E-state index in [1.807, 2.05) is 0 Å². The summed E-state index contributed by atoms with van der Waals surface area (Å²) < 4.78 is 34.0. The standard InChI is InChI=1S/C7H11FO4S/c8-2-1-5-3-13(11,12)4-6(5)7(9)10/h5-6H,1-4H2,(H,9,10). The topological polar surface area (TPSA) is 71.4 Å². The van der Waals surface area contributed by atoms with E-state index < -0.39 is 34.3 Å². The van der Waals surface area contributed by atoms with Gasteiger partial charge in [-0.05, 0) is 12.3 Å². The van der Waals surface area contributed by atoms with Gasteiger partial charge in [0.1, 0.15) is 0 Å². The van der Waals surface area contributed by atoms with Gasteiger partial charge < -0.3 is 5.11 Å². The number of aliphatic carboxylic acids is 1. The highest BCUT2D eigenvalue weighted by Gasteiger charge is 2.41. The van der Waals surface area contributed by atoms with Crippen molar-refractivity contribution in [2.75, 3.05) is 18.2 Å². The summed E-state index contributed by atoms with van der Waals surface area (Å²) in [6.45, 7) is -0.663. The molecule has 4 nitrogen and oxygen atoms in total. The van der Waals surface area contributed by atoms with E-state index in [-0.39, 0.29) is 17.9 Å². The van der Waals surface area contributed by atoms with Crippen LogP contribution in [0.1, 0.15) is 6.42 Å². The number of hydrogen-bond acceptors (Lipinski definition) is 3. The molecule has 1 aliphatic rings. The van der Waals surface area contributed by atoms with Gasteiger partial charge in [0.25, 0.3) is 0 Å². The Balaban J connectivity index is 2.77. The van der Waals surface area contributed by atoms with Crippen molar-refractivity contribution >= 4 is 15.8 Å². The number of carboxylic acid groups (broad SMARTS) is 1. The minimum absolute atomic E-state index is 0.0240. The number of rotatable bonds is 3. The van der Waals surface area contributed by atoms with Gasteiger partial charge >= 0.3 is 5.97 Å². The van der Waals surface area contributed by atoms with Crippen molar-refractivity contribution in [1.29, 1.82) is 0 Å². The predicted molar refractivity (Wildman–Crippen MR) is 43.9 cm³/mol. The number of sulfone groups is 1. The van der Waals surface area contributed by atoms with Crippen molar-refractivity contribution in [3.63, 3.8) is 0 Å². The number of halogens is 1. The first-order chi connectivity index (χ1) is 5.96. The Labute approximate surface area is 75.7 Å². The van der Waals surface area contributed by atoms with E-state index in [0.29, 0.717) is 0 Å². The normalized spacial score (nSPS) is 31.8. The van der Waals surface area contributed by atoms with Gasteiger partial charge in [-0.25, -0.2) is 8.42 Å². The Bertz CT molecular complexity index is 298. The average molecular weight is 210 g/mol. The molecule has 1 heterocycles. The Hall–Kier alpha value is -0.650. The van der Waals surface area contributed by atoms with Gasteiger partial charge in [-0.15, -0.1) is 0 Å². The molecule has 0 aromatic rings. The fraction of sp³-hybridized carbons (Fsp3) is 0.857. The summed E-state index contributed by atoms with van der Waals surface area (Å²) >= 11 is 0. The fourth-order valence-electron chi connectivity index (χ4n) is 1.62. The molecule has 0 bridgehead atoms. The Morgan fingerprint density at radius 3 is 2.54 bits per heavy atom. The lowest BCUT2D eigenvalue weighted by Crippen LogP contribution is -2.22. The van der Waals surface area contributed by atoms with Gasteiger partial charge in [-0.1, -0.05) is 0 Å². The zero-order valence-corrected chi connectivity index (χ0v) is 7.76. The highest BCUT2D eigenvalue weighted by Crippen LogP contribution is 2.28. The molecule has 1 fully saturated rings. The molecule has 2 atom stereocenters. The summed E-state index contributed by atoms with van der Waals surface area (Å²) in [4.78, 5) is 10.6. The minimum Gasteiger partial charge on any atom is -0.481 e. The maximum atomic E-state index is 11.9. The van der Waals surface area contributed by atoms with Crippen LogP contribution < -0.4 is 0 Å². The zero-order valence-electron chi connectivity index (χ0n) is 6.94. The first-order valence-electron chi connectivity index (χ1n) is 3.95. The van der Waals surface area contributed by atoms with Crippen LogP contribution >= 0.6 is 0 Å². The van der Waals surface area contributed by atoms with Gasteiger partial charge in [0, 0.05) is 0 Å². The van der Waals surface area contributed by atoms with Crippen LogP contribution in [0.2, 0.25) is 0 Å². The molecule has 6 heteroatoms. The maximum absolute atomic E-state index is 11.9. The van der Waals surface area contributed by atoms with E-state index >= 15 is 0 Å². The largest absolute Gasteiger partial charge is 0.481 e. The first-order valence-corrected chi connectivity index (χ1v) is 5.77. The lowest BCUT2D eigenvalue weighted by Gasteiger charge is -2.10. The second-order valence-corrected chi connectivity index (χ2v) is 5.41. The summed E-state index contributed by atoms with van der Waals surface area (Å²) in [6, 6.07) is 0. The monoisotopic (exact) mass is 210 g/mol. The summed E-state index contributed by atoms with van der Waals surface area (Å²) in [5.74, 6) is -3.13. The molecule has 13 heavy (non-hydrogen) atoms. The van der Waals surface area contributed by atoms with Crippen LogP contribution in [-0.4, -0.2) is 37.7 Å². The van der Waals surface area contributed by atoms with Crippen molar-refractivity contribution in [2.24, 2.45) is 11.8 Å². The second-order valence-electron chi connectivity index (χ2n) is 3.26. The summed E-state index contributed by atoms with van der Waals surface area (Å²) in [7, 11) is -3.26. The van der Waals surface area contributed by atoms with Crippen LogP contribution in [0, 0.1) is 11.8 Å². The number of alkyl halides is 1. The van der Waals surface area contributed by atoms with E-state index in [4.69, 9.17) is 5.11 Å². The molecule has 76 valence electrons. The van der Waals surface area contributed by atoms with Gasteiger partial charge in [0.05, 0.1) is 24.1 Å². The quantitative estimate of drug-likeness (QED) is 0.716. The molecule has 1 saturated heterocycles. The molecule has 0 aromatic carbocycles. The van der Waals surface area contributed by atoms with Gasteiger partial charge in [-0.3, -0.25) is 9.18 Å². The van der Waals surface area contributed by atoms with Gasteiger partial charge in [0.15, 0.2) is 9.84 Å². The summed E-state index contributed by atoms with van der Waals surface area (Å²) in [6.07, 6.45) is 0.0240. The van der Waals surface area contributed by atoms with Crippen molar-refractivity contribution < 1.29 is 22.7 Å². The summed E-state index contributed by atoms with van der Waals surface area (Å²) in [5, 5.41) is 8.66. The third kappa shape index (κ3) is 2.40. The molecule has 1 aliphatic heterocycles. The van der Waals surface area contributed by atoms with Crippen molar-refractivity contribution in [1.82, 2.24) is 0 Å². The summed E-state index contributed by atoms with van der Waals surface area (Å²) in [5.41, 5.74) is 0. The third-order valence-electron chi connectivity index (χ3n) is 2.27. The average Bonchev–Trinajstić information content (AvgIpc) is 2.26. The van der Waals surface area contributed by atoms with Crippen LogP contribution in [0.25, 0.3) is 0 Å². The van der Waals surface area contributed by atoms with Gasteiger partial charge in [0.2, 0.25) is 0 Å². The molecule has 0 spiro atoms. The molecule has 1 rings (SSSR count). The van der Waals surface area contributed by atoms with E-state index in [2.05, 4.69) is 0 Å². The highest BCUT2D eigenvalue weighted by atomic mass is 32.2. The fourth-order valence-corrected chi connectivity index (χ4v) is 3.77. The molecule has 0 aliphatic carbocycles. The Morgan fingerprint density at radius 1 is 1.46 bits per heavy atom. The zero-order chi connectivity index (χ0) is 10.1. The molecule has 2 unspecified atom stereocenters. The molecule has 0 radical (unpaired) electrons. The molecule has 0 saturated carbocycles. The number of hydrogen-bond donors (Lipinski definition) is 1. The number of carbonyl (C=O) groups is 1. The smallest absolute Gasteiger partial charge is 0.307 e. The van der Waals surface area contributed by atoms with Crippen LogP contribution in [-0.2, 0) is 14.6 Å². The molecule has 1 N–H and O–H groups in total. The SMILES string of the molecule is O=C(O)C1CS(=O)(=O)CC1CCF. The molecular weight excluding hydrogens is 199 g/mol. The lowest BCUT2D eigenvalue weighted by molar-refractivity contribution is -0.142. The second kappa shape index (κ2) is 3.61. The third-order valence-corrected chi connectivity index (χ3v) is 4.07. The van der Waals surface area contributed by atoms with Crippen LogP contribution in [0.3, 0.4) is 0 Å². The molecule has 0 aromatic heterocycles.